The Balaban J connectivity index is 2.99. The van der Waals surface area contributed by atoms with Crippen molar-refractivity contribution in [3.63, 3.8) is 0 Å². The van der Waals surface area contributed by atoms with E-state index >= 15 is 0 Å². The van der Waals surface area contributed by atoms with Crippen LogP contribution in [-0.2, 0) is 0 Å². The quantitative estimate of drug-likeness (QED) is 0.869. The van der Waals surface area contributed by atoms with Gasteiger partial charge < -0.3 is 11.1 Å². The van der Waals surface area contributed by atoms with E-state index in [9.17, 15) is 9.59 Å². The molecule has 6 heteroatoms. The number of thioether (sulfide) groups is 1. The number of halogens is 1. The van der Waals surface area contributed by atoms with Crippen molar-refractivity contribution >= 4 is 35.2 Å². The lowest BCUT2D eigenvalue weighted by molar-refractivity contribution is 0.0928. The molecule has 1 atom stereocenters. The number of hydrogen-bond acceptors (Lipinski definition) is 3. The molecule has 0 heterocycles. The van der Waals surface area contributed by atoms with E-state index < -0.39 is 5.91 Å². The molecule has 1 rings (SSSR count). The van der Waals surface area contributed by atoms with Crippen molar-refractivity contribution in [1.29, 1.82) is 0 Å². The van der Waals surface area contributed by atoms with Crippen LogP contribution in [0.4, 0.5) is 0 Å². The predicted molar refractivity (Wildman–Crippen MR) is 75.3 cm³/mol. The molecule has 1 aromatic rings. The second-order valence-corrected chi connectivity index (χ2v) is 5.17. The van der Waals surface area contributed by atoms with Crippen molar-refractivity contribution < 1.29 is 9.59 Å². The fourth-order valence-electron chi connectivity index (χ4n) is 1.56. The summed E-state index contributed by atoms with van der Waals surface area (Å²) >= 11 is 7.51. The molecule has 0 spiro atoms. The van der Waals surface area contributed by atoms with Crippen LogP contribution < -0.4 is 11.1 Å². The van der Waals surface area contributed by atoms with Gasteiger partial charge in [-0.2, -0.15) is 11.8 Å². The van der Waals surface area contributed by atoms with Crippen LogP contribution in [0.25, 0.3) is 0 Å². The number of amides is 2. The van der Waals surface area contributed by atoms with Crippen molar-refractivity contribution in [3.05, 3.63) is 34.3 Å². The summed E-state index contributed by atoms with van der Waals surface area (Å²) in [4.78, 5) is 23.3. The zero-order chi connectivity index (χ0) is 13.7. The largest absolute Gasteiger partial charge is 0.366 e. The van der Waals surface area contributed by atoms with E-state index in [0.29, 0.717) is 0 Å². The second kappa shape index (κ2) is 6.66. The maximum atomic E-state index is 12.0. The van der Waals surface area contributed by atoms with Crippen molar-refractivity contribution in [3.8, 4) is 0 Å². The Kier molecular flexibility index (Phi) is 5.50. The van der Waals surface area contributed by atoms with Crippen LogP contribution in [0.5, 0.6) is 0 Å². The zero-order valence-corrected chi connectivity index (χ0v) is 11.8. The molecule has 0 aromatic heterocycles. The third-order valence-electron chi connectivity index (χ3n) is 2.30. The number of carbonyl (C=O) groups is 2. The molecule has 0 aliphatic rings. The normalized spacial score (nSPS) is 11.9. The average molecular weight is 287 g/mol. The second-order valence-electron chi connectivity index (χ2n) is 3.86. The zero-order valence-electron chi connectivity index (χ0n) is 10.2. The summed E-state index contributed by atoms with van der Waals surface area (Å²) in [6, 6.07) is 4.69. The summed E-state index contributed by atoms with van der Waals surface area (Å²) in [6.45, 7) is 1.89. The van der Waals surface area contributed by atoms with Gasteiger partial charge in [-0.25, -0.2) is 0 Å². The van der Waals surface area contributed by atoms with Gasteiger partial charge in [-0.15, -0.1) is 0 Å². The first-order valence-electron chi connectivity index (χ1n) is 5.35. The summed E-state index contributed by atoms with van der Waals surface area (Å²) < 4.78 is 0. The average Bonchev–Trinajstić information content (AvgIpc) is 2.28. The number of rotatable bonds is 5. The van der Waals surface area contributed by atoms with E-state index in [2.05, 4.69) is 5.32 Å². The molecule has 0 bridgehead atoms. The van der Waals surface area contributed by atoms with Crippen molar-refractivity contribution in [1.82, 2.24) is 5.32 Å². The number of carbonyl (C=O) groups excluding carboxylic acids is 2. The Hall–Kier alpha value is -1.20. The predicted octanol–water partition coefficient (Wildman–Crippen LogP) is 1.92. The van der Waals surface area contributed by atoms with E-state index in [-0.39, 0.29) is 28.1 Å². The Morgan fingerprint density at radius 2 is 2.17 bits per heavy atom. The van der Waals surface area contributed by atoms with Crippen LogP contribution in [-0.4, -0.2) is 29.9 Å². The van der Waals surface area contributed by atoms with Gasteiger partial charge in [0.15, 0.2) is 0 Å². The van der Waals surface area contributed by atoms with Crippen molar-refractivity contribution in [2.75, 3.05) is 12.0 Å². The van der Waals surface area contributed by atoms with E-state index in [4.69, 9.17) is 17.3 Å². The van der Waals surface area contributed by atoms with Crippen molar-refractivity contribution in [2.24, 2.45) is 5.73 Å². The Morgan fingerprint density at radius 3 is 2.72 bits per heavy atom. The van der Waals surface area contributed by atoms with E-state index in [1.165, 1.54) is 12.1 Å². The number of primary amides is 1. The lowest BCUT2D eigenvalue weighted by Crippen LogP contribution is -2.35. The minimum absolute atomic E-state index is 0.00667. The molecule has 0 fully saturated rings. The van der Waals surface area contributed by atoms with Gasteiger partial charge in [0.05, 0.1) is 16.1 Å². The first kappa shape index (κ1) is 14.9. The Bertz CT molecular complexity index is 465. The molecular formula is C12H15ClN2O2S. The van der Waals surface area contributed by atoms with Gasteiger partial charge in [-0.1, -0.05) is 17.7 Å². The van der Waals surface area contributed by atoms with Crippen LogP contribution in [0.2, 0.25) is 5.02 Å². The third-order valence-corrected chi connectivity index (χ3v) is 3.45. The number of hydrogen-bond donors (Lipinski definition) is 2. The summed E-state index contributed by atoms with van der Waals surface area (Å²) in [7, 11) is 0. The van der Waals surface area contributed by atoms with Crippen LogP contribution in [0.3, 0.4) is 0 Å². The number of nitrogens with two attached hydrogens (primary N) is 1. The Morgan fingerprint density at radius 1 is 1.50 bits per heavy atom. The topological polar surface area (TPSA) is 72.2 Å². The van der Waals surface area contributed by atoms with Crippen LogP contribution >= 0.6 is 23.4 Å². The molecule has 2 amide bonds. The van der Waals surface area contributed by atoms with Crippen LogP contribution in [0, 0.1) is 0 Å². The fourth-order valence-corrected chi connectivity index (χ4v) is 2.41. The standard InChI is InChI=1S/C12H15ClN2O2S/c1-7(6-18-2)15-12(17)8-4-3-5-9(13)10(8)11(14)16/h3-5,7H,6H2,1-2H3,(H2,14,16)(H,15,17). The van der Waals surface area contributed by atoms with Crippen LogP contribution in [0.1, 0.15) is 27.6 Å². The van der Waals surface area contributed by atoms with Gasteiger partial charge in [-0.3, -0.25) is 9.59 Å². The highest BCUT2D eigenvalue weighted by Crippen LogP contribution is 2.19. The fraction of sp³-hybridized carbons (Fsp3) is 0.333. The molecule has 1 unspecified atom stereocenters. The minimum Gasteiger partial charge on any atom is -0.366 e. The molecule has 3 N–H and O–H groups in total. The highest BCUT2D eigenvalue weighted by Gasteiger charge is 2.19. The summed E-state index contributed by atoms with van der Waals surface area (Å²) in [6.07, 6.45) is 1.96. The molecular weight excluding hydrogens is 272 g/mol. The Labute approximate surface area is 115 Å². The smallest absolute Gasteiger partial charge is 0.252 e. The molecule has 18 heavy (non-hydrogen) atoms. The van der Waals surface area contributed by atoms with Gasteiger partial charge in [0.1, 0.15) is 0 Å². The van der Waals surface area contributed by atoms with Crippen LogP contribution in [0.15, 0.2) is 18.2 Å². The number of nitrogens with one attached hydrogen (secondary N) is 1. The van der Waals surface area contributed by atoms with Gasteiger partial charge in [0.2, 0.25) is 0 Å². The molecule has 98 valence electrons. The molecule has 0 saturated heterocycles. The van der Waals surface area contributed by atoms with Gasteiger partial charge in [-0.05, 0) is 25.3 Å². The van der Waals surface area contributed by atoms with Gasteiger partial charge in [0, 0.05) is 11.8 Å². The van der Waals surface area contributed by atoms with Gasteiger partial charge >= 0.3 is 0 Å². The maximum absolute atomic E-state index is 12.0. The third kappa shape index (κ3) is 3.65. The van der Waals surface area contributed by atoms with Gasteiger partial charge in [0.25, 0.3) is 11.8 Å². The lowest BCUT2D eigenvalue weighted by atomic mass is 10.1. The first-order valence-corrected chi connectivity index (χ1v) is 7.12. The van der Waals surface area contributed by atoms with E-state index in [0.717, 1.165) is 5.75 Å². The van der Waals surface area contributed by atoms with E-state index in [1.807, 2.05) is 13.2 Å². The minimum atomic E-state index is -0.705. The molecule has 0 aliphatic heterocycles. The monoisotopic (exact) mass is 286 g/mol. The molecule has 0 aliphatic carbocycles. The molecule has 0 saturated carbocycles. The highest BCUT2D eigenvalue weighted by molar-refractivity contribution is 7.98. The number of benzene rings is 1. The summed E-state index contributed by atoms with van der Waals surface area (Å²) in [5.41, 5.74) is 5.51. The summed E-state index contributed by atoms with van der Waals surface area (Å²) in [5.74, 6) is -0.255. The van der Waals surface area contributed by atoms with E-state index in [1.54, 1.807) is 17.8 Å². The summed E-state index contributed by atoms with van der Waals surface area (Å²) in [5, 5.41) is 2.98. The lowest BCUT2D eigenvalue weighted by Gasteiger charge is -2.14. The maximum Gasteiger partial charge on any atom is 0.252 e. The molecule has 4 nitrogen and oxygen atoms in total. The molecule has 1 aromatic carbocycles. The first-order chi connectivity index (χ1) is 8.47. The SMILES string of the molecule is CSCC(C)NC(=O)c1cccc(Cl)c1C(N)=O. The molecule has 0 radical (unpaired) electrons. The van der Waals surface area contributed by atoms with Crippen molar-refractivity contribution in [2.45, 2.75) is 13.0 Å². The highest BCUT2D eigenvalue weighted by atomic mass is 35.5.